The van der Waals surface area contributed by atoms with Crippen molar-refractivity contribution in [2.24, 2.45) is 0 Å². The highest BCUT2D eigenvalue weighted by Crippen LogP contribution is 2.21. The summed E-state index contributed by atoms with van der Waals surface area (Å²) in [5, 5.41) is 39.1. The van der Waals surface area contributed by atoms with E-state index >= 15 is 0 Å². The number of ether oxygens (including phenoxy) is 1. The summed E-state index contributed by atoms with van der Waals surface area (Å²) in [5.41, 5.74) is -0.00513. The van der Waals surface area contributed by atoms with Gasteiger partial charge in [-0.15, -0.1) is 0 Å². The van der Waals surface area contributed by atoms with Gasteiger partial charge in [-0.05, 0) is 62.1 Å². The molecule has 7 heteroatoms. The number of hydrogen-bond donors (Lipinski definition) is 4. The molecule has 0 bridgehead atoms. The molecule has 7 nitrogen and oxygen atoms in total. The van der Waals surface area contributed by atoms with Crippen LogP contribution in [0.2, 0.25) is 0 Å². The highest BCUT2D eigenvalue weighted by Gasteiger charge is 2.26. The van der Waals surface area contributed by atoms with Crippen LogP contribution < -0.4 is 0 Å². The van der Waals surface area contributed by atoms with Crippen molar-refractivity contribution in [2.45, 2.75) is 65.3 Å². The van der Waals surface area contributed by atoms with Gasteiger partial charge >= 0.3 is 0 Å². The van der Waals surface area contributed by atoms with Crippen LogP contribution in [-0.4, -0.2) is 43.2 Å². The van der Waals surface area contributed by atoms with Crippen LogP contribution in [0.3, 0.4) is 0 Å². The minimum Gasteiger partial charge on any atom is -0.392 e. The van der Waals surface area contributed by atoms with Gasteiger partial charge in [0.2, 0.25) is 0 Å². The van der Waals surface area contributed by atoms with Crippen LogP contribution in [0.5, 0.6) is 0 Å². The highest BCUT2D eigenvalue weighted by molar-refractivity contribution is 6.02. The lowest BCUT2D eigenvalue weighted by molar-refractivity contribution is 0.0487. The zero-order valence-corrected chi connectivity index (χ0v) is 18.3. The highest BCUT2D eigenvalue weighted by atomic mass is 16.5. The van der Waals surface area contributed by atoms with Gasteiger partial charge in [0.1, 0.15) is 11.2 Å². The number of aliphatic hydroxyl groups excluding tert-OH is 2. The third-order valence-corrected chi connectivity index (χ3v) is 4.90. The van der Waals surface area contributed by atoms with Crippen molar-refractivity contribution < 1.29 is 34.8 Å². The number of ketones is 2. The molecule has 0 aliphatic carbocycles. The van der Waals surface area contributed by atoms with Gasteiger partial charge in [0.05, 0.1) is 26.4 Å². The summed E-state index contributed by atoms with van der Waals surface area (Å²) in [4.78, 5) is 24.5. The predicted molar refractivity (Wildman–Crippen MR) is 114 cm³/mol. The Balaban J connectivity index is 2.13. The first kappa shape index (κ1) is 24.8. The summed E-state index contributed by atoms with van der Waals surface area (Å²) >= 11 is 0. The zero-order chi connectivity index (χ0) is 23.4. The van der Waals surface area contributed by atoms with E-state index in [0.29, 0.717) is 33.4 Å². The molecular formula is C24H30O7. The third-order valence-electron chi connectivity index (χ3n) is 4.90. The topological polar surface area (TPSA) is 124 Å². The number of benzene rings is 2. The summed E-state index contributed by atoms with van der Waals surface area (Å²) in [7, 11) is 0. The standard InChI is InChI=1S/C24H30O7/c1-23(2,29)21(27)15-5-7-17(19(9-15)11-25)13-31-14-18-8-6-16(10-20(18)12-26)22(28)24(3,4)30/h5-10,25-26,29-30H,11-14H2,1-4H3. The first-order valence-electron chi connectivity index (χ1n) is 9.96. The molecule has 0 aliphatic rings. The fourth-order valence-corrected chi connectivity index (χ4v) is 3.09. The minimum absolute atomic E-state index is 0.155. The SMILES string of the molecule is CC(C)(O)C(=O)c1ccc(COCc2ccc(C(=O)C(C)(C)O)cc2CO)c(CO)c1. The van der Waals surface area contributed by atoms with Gasteiger partial charge in [0, 0.05) is 11.1 Å². The smallest absolute Gasteiger partial charge is 0.193 e. The number of rotatable bonds is 10. The second kappa shape index (κ2) is 9.80. The molecule has 0 amide bonds. The van der Waals surface area contributed by atoms with Crippen molar-refractivity contribution in [3.63, 3.8) is 0 Å². The number of carbonyl (C=O) groups is 2. The van der Waals surface area contributed by atoms with E-state index in [1.165, 1.54) is 39.8 Å². The van der Waals surface area contributed by atoms with Gasteiger partial charge in [0.15, 0.2) is 11.6 Å². The van der Waals surface area contributed by atoms with Gasteiger partial charge in [-0.25, -0.2) is 0 Å². The van der Waals surface area contributed by atoms with E-state index < -0.39 is 22.8 Å². The molecule has 0 aromatic heterocycles. The van der Waals surface area contributed by atoms with Crippen molar-refractivity contribution in [1.82, 2.24) is 0 Å². The lowest BCUT2D eigenvalue weighted by atomic mass is 9.94. The van der Waals surface area contributed by atoms with Crippen LogP contribution in [0.1, 0.15) is 70.7 Å². The molecule has 0 saturated carbocycles. The number of aliphatic hydroxyl groups is 4. The molecule has 0 spiro atoms. The Kier molecular flexibility index (Phi) is 7.86. The number of carbonyl (C=O) groups excluding carboxylic acids is 2. The van der Waals surface area contributed by atoms with Crippen LogP contribution in [0.15, 0.2) is 36.4 Å². The molecule has 0 aliphatic heterocycles. The van der Waals surface area contributed by atoms with Crippen LogP contribution in [0, 0.1) is 0 Å². The van der Waals surface area contributed by atoms with E-state index in [-0.39, 0.29) is 26.4 Å². The maximum Gasteiger partial charge on any atom is 0.193 e. The zero-order valence-electron chi connectivity index (χ0n) is 18.3. The average molecular weight is 430 g/mol. The van der Waals surface area contributed by atoms with Crippen LogP contribution in [0.25, 0.3) is 0 Å². The summed E-state index contributed by atoms with van der Waals surface area (Å²) in [6.45, 7) is 5.36. The Hall–Kier alpha value is -2.42. The summed E-state index contributed by atoms with van der Waals surface area (Å²) in [5.74, 6) is -0.883. The lowest BCUT2D eigenvalue weighted by Gasteiger charge is -2.18. The lowest BCUT2D eigenvalue weighted by Crippen LogP contribution is -2.31. The number of Topliss-reactive ketones (excluding diaryl/α,β-unsaturated/α-hetero) is 2. The van der Waals surface area contributed by atoms with E-state index in [9.17, 15) is 30.0 Å². The fraction of sp³-hybridized carbons (Fsp3) is 0.417. The second-order valence-corrected chi connectivity index (χ2v) is 8.55. The van der Waals surface area contributed by atoms with Gasteiger partial charge in [-0.3, -0.25) is 9.59 Å². The summed E-state index contributed by atoms with van der Waals surface area (Å²) in [6, 6.07) is 9.57. The maximum absolute atomic E-state index is 12.2. The van der Waals surface area contributed by atoms with Gasteiger partial charge in [-0.1, -0.05) is 24.3 Å². The van der Waals surface area contributed by atoms with E-state index in [4.69, 9.17) is 4.74 Å². The Morgan fingerprint density at radius 3 is 1.35 bits per heavy atom. The van der Waals surface area contributed by atoms with Crippen molar-refractivity contribution in [2.75, 3.05) is 0 Å². The second-order valence-electron chi connectivity index (χ2n) is 8.55. The molecule has 2 aromatic carbocycles. The van der Waals surface area contributed by atoms with Crippen LogP contribution >= 0.6 is 0 Å². The van der Waals surface area contributed by atoms with Crippen molar-refractivity contribution in [3.05, 3.63) is 69.8 Å². The van der Waals surface area contributed by atoms with E-state index in [0.717, 1.165) is 0 Å². The molecule has 4 N–H and O–H groups in total. The van der Waals surface area contributed by atoms with E-state index in [1.54, 1.807) is 24.3 Å². The van der Waals surface area contributed by atoms with Gasteiger partial charge in [-0.2, -0.15) is 0 Å². The molecule has 0 unspecified atom stereocenters. The van der Waals surface area contributed by atoms with E-state index in [1.807, 2.05) is 0 Å². The first-order chi connectivity index (χ1) is 14.4. The van der Waals surface area contributed by atoms with Crippen molar-refractivity contribution in [1.29, 1.82) is 0 Å². The van der Waals surface area contributed by atoms with Crippen molar-refractivity contribution >= 4 is 11.6 Å². The molecular weight excluding hydrogens is 400 g/mol. The summed E-state index contributed by atoms with van der Waals surface area (Å²) < 4.78 is 5.74. The summed E-state index contributed by atoms with van der Waals surface area (Å²) in [6.07, 6.45) is 0. The quantitative estimate of drug-likeness (QED) is 0.426. The van der Waals surface area contributed by atoms with Gasteiger partial charge in [0.25, 0.3) is 0 Å². The molecule has 0 saturated heterocycles. The maximum atomic E-state index is 12.2. The first-order valence-corrected chi connectivity index (χ1v) is 9.96. The van der Waals surface area contributed by atoms with Crippen LogP contribution in [0.4, 0.5) is 0 Å². The molecule has 168 valence electrons. The molecule has 0 atom stereocenters. The molecule has 2 aromatic rings. The Bertz CT molecular complexity index is 872. The monoisotopic (exact) mass is 430 g/mol. The normalized spacial score (nSPS) is 12.1. The van der Waals surface area contributed by atoms with E-state index in [2.05, 4.69) is 0 Å². The predicted octanol–water partition coefficient (Wildman–Crippen LogP) is 2.30. The fourth-order valence-electron chi connectivity index (χ4n) is 3.09. The number of hydrogen-bond acceptors (Lipinski definition) is 7. The molecule has 0 heterocycles. The minimum atomic E-state index is -1.51. The Morgan fingerprint density at radius 1 is 0.710 bits per heavy atom. The Labute approximate surface area is 181 Å². The van der Waals surface area contributed by atoms with Gasteiger partial charge < -0.3 is 25.2 Å². The average Bonchev–Trinajstić information content (AvgIpc) is 2.71. The Morgan fingerprint density at radius 2 is 1.06 bits per heavy atom. The van der Waals surface area contributed by atoms with Crippen LogP contribution in [-0.2, 0) is 31.2 Å². The molecule has 2 rings (SSSR count). The van der Waals surface area contributed by atoms with Crippen molar-refractivity contribution in [3.8, 4) is 0 Å². The molecule has 0 fully saturated rings. The third kappa shape index (κ3) is 6.29. The molecule has 31 heavy (non-hydrogen) atoms. The molecule has 0 radical (unpaired) electrons. The largest absolute Gasteiger partial charge is 0.392 e.